The normalized spacial score (nSPS) is 17.9. The van der Waals surface area contributed by atoms with Gasteiger partial charge in [0.1, 0.15) is 12.0 Å². The molecular weight excluding hydrogens is 278 g/mol. The summed E-state index contributed by atoms with van der Waals surface area (Å²) >= 11 is 0. The number of piperidine rings is 1. The molecule has 0 radical (unpaired) electrons. The van der Waals surface area contributed by atoms with Crippen LogP contribution in [0.2, 0.25) is 0 Å². The number of benzene rings is 1. The van der Waals surface area contributed by atoms with Gasteiger partial charge in [-0.15, -0.1) is 0 Å². The van der Waals surface area contributed by atoms with Gasteiger partial charge in [0, 0.05) is 19.0 Å². The molecule has 5 nitrogen and oxygen atoms in total. The van der Waals surface area contributed by atoms with Gasteiger partial charge in [-0.1, -0.05) is 0 Å². The first-order valence-corrected chi connectivity index (χ1v) is 8.20. The fourth-order valence-corrected chi connectivity index (χ4v) is 3.75. The summed E-state index contributed by atoms with van der Waals surface area (Å²) < 4.78 is 31.6. The Morgan fingerprint density at radius 2 is 1.85 bits per heavy atom. The number of hydrogen-bond acceptors (Lipinski definition) is 4. The largest absolute Gasteiger partial charge is 0.494 e. The Kier molecular flexibility index (Phi) is 4.77. The molecule has 1 aliphatic rings. The van der Waals surface area contributed by atoms with Gasteiger partial charge < -0.3 is 9.53 Å². The number of carbonyl (C=O) groups excluding carboxylic acids is 1. The number of hydrogen-bond donors (Lipinski definition) is 0. The fourth-order valence-electron chi connectivity index (χ4n) is 2.28. The molecule has 0 N–H and O–H groups in total. The lowest BCUT2D eigenvalue weighted by molar-refractivity contribution is -0.112. The Labute approximate surface area is 119 Å². The molecule has 0 aliphatic carbocycles. The highest BCUT2D eigenvalue weighted by molar-refractivity contribution is 7.89. The smallest absolute Gasteiger partial charge is 0.243 e. The summed E-state index contributed by atoms with van der Waals surface area (Å²) in [5, 5.41) is 0. The van der Waals surface area contributed by atoms with Crippen LogP contribution in [0.4, 0.5) is 0 Å². The van der Waals surface area contributed by atoms with Gasteiger partial charge >= 0.3 is 0 Å². The first-order chi connectivity index (χ1) is 9.57. The zero-order valence-electron chi connectivity index (χ0n) is 11.5. The van der Waals surface area contributed by atoms with E-state index in [1.54, 1.807) is 24.3 Å². The average Bonchev–Trinajstić information content (AvgIpc) is 2.48. The van der Waals surface area contributed by atoms with Crippen LogP contribution in [0.1, 0.15) is 19.8 Å². The summed E-state index contributed by atoms with van der Waals surface area (Å²) in [6.45, 7) is 3.23. The zero-order valence-corrected chi connectivity index (χ0v) is 12.3. The minimum atomic E-state index is -3.46. The molecule has 1 saturated heterocycles. The third-order valence-electron chi connectivity index (χ3n) is 3.46. The number of aldehydes is 1. The van der Waals surface area contributed by atoms with Crippen molar-refractivity contribution in [3.63, 3.8) is 0 Å². The van der Waals surface area contributed by atoms with Gasteiger partial charge in [-0.25, -0.2) is 8.42 Å². The molecule has 1 aliphatic heterocycles. The van der Waals surface area contributed by atoms with Crippen LogP contribution in [0.15, 0.2) is 29.2 Å². The Bertz CT molecular complexity index is 545. The van der Waals surface area contributed by atoms with E-state index in [1.807, 2.05) is 6.92 Å². The van der Waals surface area contributed by atoms with Crippen molar-refractivity contribution in [2.24, 2.45) is 5.92 Å². The quantitative estimate of drug-likeness (QED) is 0.776. The Morgan fingerprint density at radius 1 is 1.25 bits per heavy atom. The lowest BCUT2D eigenvalue weighted by atomic mass is 10.0. The van der Waals surface area contributed by atoms with E-state index in [2.05, 4.69) is 0 Å². The summed E-state index contributed by atoms with van der Waals surface area (Å²) in [6, 6.07) is 6.45. The van der Waals surface area contributed by atoms with Crippen LogP contribution in [0.25, 0.3) is 0 Å². The second kappa shape index (κ2) is 6.37. The molecule has 0 amide bonds. The van der Waals surface area contributed by atoms with Crippen molar-refractivity contribution in [2.45, 2.75) is 24.7 Å². The van der Waals surface area contributed by atoms with Crippen molar-refractivity contribution in [1.82, 2.24) is 4.31 Å². The van der Waals surface area contributed by atoms with Crippen LogP contribution in [-0.2, 0) is 14.8 Å². The molecular formula is C14H19NO4S. The van der Waals surface area contributed by atoms with Gasteiger partial charge in [-0.2, -0.15) is 4.31 Å². The third-order valence-corrected chi connectivity index (χ3v) is 5.38. The molecule has 0 atom stereocenters. The lowest BCUT2D eigenvalue weighted by Gasteiger charge is -2.28. The van der Waals surface area contributed by atoms with Crippen molar-refractivity contribution in [3.8, 4) is 5.75 Å². The molecule has 1 fully saturated rings. The minimum Gasteiger partial charge on any atom is -0.494 e. The summed E-state index contributed by atoms with van der Waals surface area (Å²) in [6.07, 6.45) is 2.11. The molecule has 1 aromatic carbocycles. The second-order valence-corrected chi connectivity index (χ2v) is 6.72. The molecule has 0 saturated carbocycles. The molecule has 0 unspecified atom stereocenters. The highest BCUT2D eigenvalue weighted by Gasteiger charge is 2.29. The maximum Gasteiger partial charge on any atom is 0.243 e. The summed E-state index contributed by atoms with van der Waals surface area (Å²) in [5.74, 6) is 0.646. The Morgan fingerprint density at radius 3 is 2.35 bits per heavy atom. The molecule has 20 heavy (non-hydrogen) atoms. The van der Waals surface area contributed by atoms with Crippen molar-refractivity contribution in [2.75, 3.05) is 19.7 Å². The van der Waals surface area contributed by atoms with Crippen molar-refractivity contribution in [3.05, 3.63) is 24.3 Å². The Balaban J connectivity index is 2.12. The van der Waals surface area contributed by atoms with Gasteiger partial charge in [0.15, 0.2) is 0 Å². The summed E-state index contributed by atoms with van der Waals surface area (Å²) in [7, 11) is -3.46. The van der Waals surface area contributed by atoms with E-state index in [0.717, 1.165) is 6.29 Å². The van der Waals surface area contributed by atoms with Crippen LogP contribution in [0.3, 0.4) is 0 Å². The maximum atomic E-state index is 12.4. The van der Waals surface area contributed by atoms with Crippen molar-refractivity contribution < 1.29 is 17.9 Å². The molecule has 2 rings (SSSR count). The Hall–Kier alpha value is -1.40. The zero-order chi connectivity index (χ0) is 14.6. The predicted molar refractivity (Wildman–Crippen MR) is 75.2 cm³/mol. The van der Waals surface area contributed by atoms with Gasteiger partial charge in [0.05, 0.1) is 11.5 Å². The van der Waals surface area contributed by atoms with Crippen molar-refractivity contribution >= 4 is 16.3 Å². The van der Waals surface area contributed by atoms with Gasteiger partial charge in [-0.05, 0) is 44.0 Å². The van der Waals surface area contributed by atoms with Crippen LogP contribution < -0.4 is 4.74 Å². The van der Waals surface area contributed by atoms with Crippen LogP contribution in [0.5, 0.6) is 5.75 Å². The number of ether oxygens (including phenoxy) is 1. The van der Waals surface area contributed by atoms with Gasteiger partial charge in [0.2, 0.25) is 10.0 Å². The molecule has 0 spiro atoms. The van der Waals surface area contributed by atoms with E-state index >= 15 is 0 Å². The molecule has 6 heteroatoms. The lowest BCUT2D eigenvalue weighted by Crippen LogP contribution is -2.38. The average molecular weight is 297 g/mol. The van der Waals surface area contributed by atoms with E-state index in [9.17, 15) is 13.2 Å². The van der Waals surface area contributed by atoms with Gasteiger partial charge in [0.25, 0.3) is 0 Å². The SMILES string of the molecule is CCOc1ccc(S(=O)(=O)N2CCC(C=O)CC2)cc1. The standard InChI is InChI=1S/C14H19NO4S/c1-2-19-13-3-5-14(6-4-13)20(17,18)15-9-7-12(11-16)8-10-15/h3-6,11-12H,2,7-10H2,1H3. The molecule has 1 aromatic rings. The number of rotatable bonds is 5. The van der Waals surface area contributed by atoms with E-state index in [4.69, 9.17) is 4.74 Å². The van der Waals surface area contributed by atoms with Gasteiger partial charge in [-0.3, -0.25) is 0 Å². The van der Waals surface area contributed by atoms with Crippen LogP contribution in [-0.4, -0.2) is 38.7 Å². The van der Waals surface area contributed by atoms with E-state index in [0.29, 0.717) is 38.3 Å². The minimum absolute atomic E-state index is 0.0122. The highest BCUT2D eigenvalue weighted by atomic mass is 32.2. The summed E-state index contributed by atoms with van der Waals surface area (Å²) in [4.78, 5) is 11.0. The maximum absolute atomic E-state index is 12.4. The molecule has 110 valence electrons. The van der Waals surface area contributed by atoms with E-state index in [-0.39, 0.29) is 10.8 Å². The van der Waals surface area contributed by atoms with Crippen LogP contribution in [0, 0.1) is 5.92 Å². The van der Waals surface area contributed by atoms with Crippen LogP contribution >= 0.6 is 0 Å². The fraction of sp³-hybridized carbons (Fsp3) is 0.500. The topological polar surface area (TPSA) is 63.7 Å². The molecule has 0 aromatic heterocycles. The second-order valence-electron chi connectivity index (χ2n) is 4.78. The first-order valence-electron chi connectivity index (χ1n) is 6.76. The summed E-state index contributed by atoms with van der Waals surface area (Å²) in [5.41, 5.74) is 0. The monoisotopic (exact) mass is 297 g/mol. The van der Waals surface area contributed by atoms with E-state index < -0.39 is 10.0 Å². The third kappa shape index (κ3) is 3.19. The number of nitrogens with zero attached hydrogens (tertiary/aromatic N) is 1. The first kappa shape index (κ1) is 15.0. The number of carbonyl (C=O) groups is 1. The molecule has 0 bridgehead atoms. The predicted octanol–water partition coefficient (Wildman–Crippen LogP) is 1.68. The van der Waals surface area contributed by atoms with E-state index in [1.165, 1.54) is 4.31 Å². The van der Waals surface area contributed by atoms with Crippen molar-refractivity contribution in [1.29, 1.82) is 0 Å². The number of sulfonamides is 1. The molecule has 1 heterocycles. The highest BCUT2D eigenvalue weighted by Crippen LogP contribution is 2.24.